The summed E-state index contributed by atoms with van der Waals surface area (Å²) in [6.07, 6.45) is 4.20. The maximum Gasteiger partial charge on any atom is 0.329 e. The number of likely N-dealkylation sites (tertiary alicyclic amines) is 1. The summed E-state index contributed by atoms with van der Waals surface area (Å²) in [6, 6.07) is 0.795. The van der Waals surface area contributed by atoms with E-state index in [2.05, 4.69) is 11.5 Å². The molecule has 3 rings (SSSR count). The molecule has 2 heterocycles. The van der Waals surface area contributed by atoms with Crippen molar-refractivity contribution in [2.75, 3.05) is 6.61 Å². The molecule has 7 heteroatoms. The van der Waals surface area contributed by atoms with Gasteiger partial charge >= 0.3 is 5.97 Å². The van der Waals surface area contributed by atoms with Crippen LogP contribution in [0.2, 0.25) is 0 Å². The summed E-state index contributed by atoms with van der Waals surface area (Å²) in [6.45, 7) is 7.81. The molecule has 2 amide bonds. The van der Waals surface area contributed by atoms with Crippen LogP contribution in [0.15, 0.2) is 6.07 Å². The molecule has 1 aliphatic carbocycles. The molecule has 0 bridgehead atoms. The van der Waals surface area contributed by atoms with Gasteiger partial charge in [0, 0.05) is 23.5 Å². The highest BCUT2D eigenvalue weighted by Gasteiger charge is 2.51. The predicted octanol–water partition coefficient (Wildman–Crippen LogP) is 2.80. The summed E-state index contributed by atoms with van der Waals surface area (Å²) < 4.78 is 7.27. The molecule has 0 N–H and O–H groups in total. The summed E-state index contributed by atoms with van der Waals surface area (Å²) in [5.74, 6) is -2.18. The van der Waals surface area contributed by atoms with E-state index in [1.165, 1.54) is 6.92 Å². The van der Waals surface area contributed by atoms with Gasteiger partial charge in [-0.2, -0.15) is 0 Å². The van der Waals surface area contributed by atoms with Gasteiger partial charge in [-0.25, -0.2) is 4.79 Å². The van der Waals surface area contributed by atoms with Gasteiger partial charge < -0.3 is 9.30 Å². The Labute approximate surface area is 171 Å². The summed E-state index contributed by atoms with van der Waals surface area (Å²) in [4.78, 5) is 51.4. The smallest absolute Gasteiger partial charge is 0.329 e. The van der Waals surface area contributed by atoms with Crippen molar-refractivity contribution in [3.8, 4) is 0 Å². The van der Waals surface area contributed by atoms with Crippen molar-refractivity contribution in [2.24, 2.45) is 11.8 Å². The first-order valence-electron chi connectivity index (χ1n) is 10.5. The molecule has 158 valence electrons. The van der Waals surface area contributed by atoms with Crippen molar-refractivity contribution in [1.29, 1.82) is 0 Å². The third-order valence-corrected chi connectivity index (χ3v) is 6.27. The lowest BCUT2D eigenvalue weighted by molar-refractivity contribution is -0.157. The van der Waals surface area contributed by atoms with Gasteiger partial charge in [0.1, 0.15) is 6.04 Å². The van der Waals surface area contributed by atoms with Crippen molar-refractivity contribution in [1.82, 2.24) is 9.47 Å². The average Bonchev–Trinajstić information content (AvgIpc) is 3.13. The van der Waals surface area contributed by atoms with E-state index in [9.17, 15) is 19.2 Å². The maximum absolute atomic E-state index is 12.6. The van der Waals surface area contributed by atoms with Crippen LogP contribution in [0, 0.1) is 25.7 Å². The van der Waals surface area contributed by atoms with E-state index in [1.807, 2.05) is 19.9 Å². The molecule has 3 atom stereocenters. The fourth-order valence-electron chi connectivity index (χ4n) is 4.66. The number of fused-ring (bicyclic) bond motifs is 1. The van der Waals surface area contributed by atoms with E-state index in [0.29, 0.717) is 18.4 Å². The number of aromatic nitrogens is 1. The van der Waals surface area contributed by atoms with Gasteiger partial charge in [-0.15, -0.1) is 0 Å². The highest BCUT2D eigenvalue weighted by atomic mass is 16.5. The highest BCUT2D eigenvalue weighted by Crippen LogP contribution is 2.38. The second-order valence-corrected chi connectivity index (χ2v) is 8.19. The average molecular weight is 402 g/mol. The number of carbonyl (C=O) groups excluding carboxylic acids is 4. The lowest BCUT2D eigenvalue weighted by Gasteiger charge is -2.21. The Morgan fingerprint density at radius 3 is 2.28 bits per heavy atom. The summed E-state index contributed by atoms with van der Waals surface area (Å²) in [5, 5.41) is 0. The number of amides is 2. The number of ether oxygens (including phenoxy) is 1. The van der Waals surface area contributed by atoms with Crippen LogP contribution >= 0.6 is 0 Å². The SMILES string of the molecule is CCCn1c(C)cc(C(=O)COC(=O)[C@H](C)N2C(=O)[C@@H]3CCCC[C@H]3C2=O)c1C. The van der Waals surface area contributed by atoms with Crippen LogP contribution in [0.4, 0.5) is 0 Å². The van der Waals surface area contributed by atoms with Crippen LogP contribution in [0.1, 0.15) is 67.7 Å². The normalized spacial score (nSPS) is 22.6. The summed E-state index contributed by atoms with van der Waals surface area (Å²) >= 11 is 0. The Kier molecular flexibility index (Phi) is 6.24. The molecule has 1 saturated carbocycles. The molecule has 1 aliphatic heterocycles. The fourth-order valence-corrected chi connectivity index (χ4v) is 4.66. The van der Waals surface area contributed by atoms with E-state index < -0.39 is 18.6 Å². The minimum Gasteiger partial charge on any atom is -0.456 e. The predicted molar refractivity (Wildman–Crippen MR) is 106 cm³/mol. The molecule has 2 aliphatic rings. The number of rotatable bonds is 7. The Hall–Kier alpha value is -2.44. The molecular weight excluding hydrogens is 372 g/mol. The van der Waals surface area contributed by atoms with Crippen LogP contribution < -0.4 is 0 Å². The van der Waals surface area contributed by atoms with Crippen LogP contribution in [0.25, 0.3) is 0 Å². The highest BCUT2D eigenvalue weighted by molar-refractivity contribution is 6.08. The Bertz CT molecular complexity index is 817. The lowest BCUT2D eigenvalue weighted by atomic mass is 9.81. The number of hydrogen-bond donors (Lipinski definition) is 0. The van der Waals surface area contributed by atoms with E-state index in [0.717, 1.165) is 42.1 Å². The molecule has 0 unspecified atom stereocenters. The number of hydrogen-bond acceptors (Lipinski definition) is 5. The quantitative estimate of drug-likeness (QED) is 0.398. The van der Waals surface area contributed by atoms with Gasteiger partial charge in [0.05, 0.1) is 11.8 Å². The zero-order valence-electron chi connectivity index (χ0n) is 17.7. The van der Waals surface area contributed by atoms with Gasteiger partial charge in [-0.05, 0) is 46.1 Å². The van der Waals surface area contributed by atoms with Gasteiger partial charge in [0.15, 0.2) is 6.61 Å². The number of ketones is 1. The van der Waals surface area contributed by atoms with Gasteiger partial charge in [-0.1, -0.05) is 19.8 Å². The first kappa shape index (κ1) is 21.3. The molecule has 0 radical (unpaired) electrons. The van der Waals surface area contributed by atoms with E-state index >= 15 is 0 Å². The Balaban J connectivity index is 1.63. The zero-order valence-corrected chi connectivity index (χ0v) is 17.7. The van der Waals surface area contributed by atoms with Crippen molar-refractivity contribution < 1.29 is 23.9 Å². The molecule has 29 heavy (non-hydrogen) atoms. The second-order valence-electron chi connectivity index (χ2n) is 8.19. The van der Waals surface area contributed by atoms with Crippen molar-refractivity contribution in [2.45, 2.75) is 72.4 Å². The zero-order chi connectivity index (χ0) is 21.3. The topological polar surface area (TPSA) is 85.7 Å². The van der Waals surface area contributed by atoms with Gasteiger partial charge in [-0.3, -0.25) is 19.3 Å². The van der Waals surface area contributed by atoms with E-state index in [1.54, 1.807) is 0 Å². The Morgan fingerprint density at radius 1 is 1.14 bits per heavy atom. The van der Waals surface area contributed by atoms with Crippen LogP contribution in [0.3, 0.4) is 0 Å². The number of imide groups is 1. The molecule has 7 nitrogen and oxygen atoms in total. The third kappa shape index (κ3) is 3.87. The molecule has 1 aromatic heterocycles. The largest absolute Gasteiger partial charge is 0.456 e. The number of esters is 1. The fraction of sp³-hybridized carbons (Fsp3) is 0.636. The monoisotopic (exact) mass is 402 g/mol. The second kappa shape index (κ2) is 8.51. The molecule has 2 fully saturated rings. The first-order valence-corrected chi connectivity index (χ1v) is 10.5. The number of aryl methyl sites for hydroxylation is 1. The molecular formula is C22H30N2O5. The van der Waals surface area contributed by atoms with Gasteiger partial charge in [0.2, 0.25) is 17.6 Å². The summed E-state index contributed by atoms with van der Waals surface area (Å²) in [7, 11) is 0. The van der Waals surface area contributed by atoms with Crippen molar-refractivity contribution in [3.63, 3.8) is 0 Å². The molecule has 1 aromatic rings. The summed E-state index contributed by atoms with van der Waals surface area (Å²) in [5.41, 5.74) is 2.38. The molecule has 0 spiro atoms. The molecule has 0 aromatic carbocycles. The van der Waals surface area contributed by atoms with Crippen molar-refractivity contribution in [3.05, 3.63) is 23.0 Å². The number of carbonyl (C=O) groups is 4. The van der Waals surface area contributed by atoms with Crippen LogP contribution in [0.5, 0.6) is 0 Å². The third-order valence-electron chi connectivity index (χ3n) is 6.27. The Morgan fingerprint density at radius 2 is 1.72 bits per heavy atom. The molecule has 1 saturated heterocycles. The van der Waals surface area contributed by atoms with E-state index in [-0.39, 0.29) is 29.4 Å². The van der Waals surface area contributed by atoms with Crippen molar-refractivity contribution >= 4 is 23.6 Å². The number of Topliss-reactive ketones (excluding diaryl/α,β-unsaturated/α-hetero) is 1. The van der Waals surface area contributed by atoms with Crippen LogP contribution in [-0.2, 0) is 25.7 Å². The minimum absolute atomic E-state index is 0.279. The number of nitrogens with zero attached hydrogens (tertiary/aromatic N) is 2. The van der Waals surface area contributed by atoms with E-state index in [4.69, 9.17) is 4.74 Å². The van der Waals surface area contributed by atoms with Crippen LogP contribution in [-0.4, -0.2) is 45.7 Å². The first-order chi connectivity index (χ1) is 13.8. The van der Waals surface area contributed by atoms with Gasteiger partial charge in [0.25, 0.3) is 0 Å². The standard InChI is InChI=1S/C22H30N2O5/c1-5-10-23-13(2)11-18(14(23)3)19(25)12-29-22(28)15(4)24-20(26)16-8-6-7-9-17(16)21(24)27/h11,15-17H,5-10,12H2,1-4H3/t15-,16+,17+/m0/s1. The lowest BCUT2D eigenvalue weighted by Crippen LogP contribution is -2.44. The maximum atomic E-state index is 12.6. The minimum atomic E-state index is -1.01.